The standard InChI is InChI=1S/C19H15FN3O/c1-11(2)23-16-6-4-3-5-14(16)17(18(23)19(22)24)12-7-8-13(10-21)15(20)9-12/h3,5-9,11H,1-2H3,(H2,22,24). The van der Waals surface area contributed by atoms with Gasteiger partial charge in [-0.3, -0.25) is 4.79 Å². The van der Waals surface area contributed by atoms with Crippen molar-refractivity contribution < 1.29 is 9.18 Å². The molecule has 0 atom stereocenters. The van der Waals surface area contributed by atoms with Crippen LogP contribution in [0, 0.1) is 23.2 Å². The largest absolute Gasteiger partial charge is 0.364 e. The Bertz CT molecular complexity index is 996. The van der Waals surface area contributed by atoms with Crippen LogP contribution in [0.25, 0.3) is 22.0 Å². The Kier molecular flexibility index (Phi) is 3.82. The molecule has 0 bridgehead atoms. The highest BCUT2D eigenvalue weighted by atomic mass is 19.1. The molecular weight excluding hydrogens is 305 g/mol. The molecule has 0 spiro atoms. The van der Waals surface area contributed by atoms with Gasteiger partial charge in [0.25, 0.3) is 5.91 Å². The van der Waals surface area contributed by atoms with Crippen LogP contribution in [0.3, 0.4) is 0 Å². The minimum absolute atomic E-state index is 0.0113. The van der Waals surface area contributed by atoms with Gasteiger partial charge < -0.3 is 10.3 Å². The number of amides is 1. The first kappa shape index (κ1) is 15.8. The molecule has 1 radical (unpaired) electrons. The fourth-order valence-electron chi connectivity index (χ4n) is 3.03. The van der Waals surface area contributed by atoms with Gasteiger partial charge >= 0.3 is 0 Å². The molecule has 0 aliphatic rings. The first-order chi connectivity index (χ1) is 11.5. The summed E-state index contributed by atoms with van der Waals surface area (Å²) in [6.45, 7) is 3.89. The van der Waals surface area contributed by atoms with Crippen LogP contribution >= 0.6 is 0 Å². The quantitative estimate of drug-likeness (QED) is 0.797. The number of benzene rings is 2. The molecule has 24 heavy (non-hydrogen) atoms. The normalized spacial score (nSPS) is 11.0. The Labute approximate surface area is 138 Å². The van der Waals surface area contributed by atoms with Crippen LogP contribution in [-0.2, 0) is 0 Å². The summed E-state index contributed by atoms with van der Waals surface area (Å²) in [6.07, 6.45) is 0. The van der Waals surface area contributed by atoms with Gasteiger partial charge in [-0.05, 0) is 43.7 Å². The van der Waals surface area contributed by atoms with Gasteiger partial charge in [0, 0.05) is 17.0 Å². The second-order valence-electron chi connectivity index (χ2n) is 5.80. The van der Waals surface area contributed by atoms with Crippen LogP contribution in [0.2, 0.25) is 0 Å². The maximum atomic E-state index is 14.1. The summed E-state index contributed by atoms with van der Waals surface area (Å²) in [5, 5.41) is 9.69. The summed E-state index contributed by atoms with van der Waals surface area (Å²) in [5.74, 6) is -1.21. The van der Waals surface area contributed by atoms with E-state index in [1.165, 1.54) is 12.1 Å². The van der Waals surface area contributed by atoms with Crippen molar-refractivity contribution in [2.75, 3.05) is 0 Å². The van der Waals surface area contributed by atoms with Crippen molar-refractivity contribution in [3.8, 4) is 17.2 Å². The fraction of sp³-hybridized carbons (Fsp3) is 0.158. The summed E-state index contributed by atoms with van der Waals surface area (Å²) in [7, 11) is 0. The van der Waals surface area contributed by atoms with Crippen LogP contribution in [0.5, 0.6) is 0 Å². The van der Waals surface area contributed by atoms with E-state index in [4.69, 9.17) is 11.0 Å². The molecule has 3 rings (SSSR count). The third-order valence-electron chi connectivity index (χ3n) is 3.98. The third-order valence-corrected chi connectivity index (χ3v) is 3.98. The highest BCUT2D eigenvalue weighted by Crippen LogP contribution is 2.37. The Balaban J connectivity index is 2.44. The van der Waals surface area contributed by atoms with Crippen molar-refractivity contribution in [2.45, 2.75) is 19.9 Å². The first-order valence-corrected chi connectivity index (χ1v) is 7.49. The van der Waals surface area contributed by atoms with Gasteiger partial charge in [0.05, 0.1) is 11.1 Å². The summed E-state index contributed by atoms with van der Waals surface area (Å²) in [4.78, 5) is 12.1. The molecule has 0 unspecified atom stereocenters. The predicted molar refractivity (Wildman–Crippen MR) is 89.8 cm³/mol. The van der Waals surface area contributed by atoms with Gasteiger partial charge in [-0.25, -0.2) is 4.39 Å². The number of nitrogens with zero attached hydrogens (tertiary/aromatic N) is 2. The molecule has 1 amide bonds. The monoisotopic (exact) mass is 320 g/mol. The Morgan fingerprint density at radius 2 is 2.12 bits per heavy atom. The average molecular weight is 320 g/mol. The molecule has 0 saturated carbocycles. The van der Waals surface area contributed by atoms with E-state index in [2.05, 4.69) is 6.07 Å². The first-order valence-electron chi connectivity index (χ1n) is 7.49. The molecule has 2 aromatic carbocycles. The maximum absolute atomic E-state index is 14.1. The second-order valence-corrected chi connectivity index (χ2v) is 5.80. The van der Waals surface area contributed by atoms with Crippen LogP contribution in [0.1, 0.15) is 35.9 Å². The number of aromatic nitrogens is 1. The molecule has 0 fully saturated rings. The van der Waals surface area contributed by atoms with Gasteiger partial charge in [0.2, 0.25) is 0 Å². The van der Waals surface area contributed by atoms with E-state index in [-0.39, 0.29) is 11.6 Å². The van der Waals surface area contributed by atoms with E-state index in [1.54, 1.807) is 24.3 Å². The number of nitrogens with two attached hydrogens (primary N) is 1. The summed E-state index contributed by atoms with van der Waals surface area (Å²) < 4.78 is 15.9. The number of carbonyl (C=O) groups excluding carboxylic acids is 1. The maximum Gasteiger partial charge on any atom is 0.266 e. The van der Waals surface area contributed by atoms with Gasteiger partial charge in [-0.1, -0.05) is 18.2 Å². The molecule has 0 aliphatic heterocycles. The average Bonchev–Trinajstić information content (AvgIpc) is 2.90. The summed E-state index contributed by atoms with van der Waals surface area (Å²) >= 11 is 0. The molecular formula is C19H15FN3O. The zero-order valence-corrected chi connectivity index (χ0v) is 13.3. The topological polar surface area (TPSA) is 71.8 Å². The predicted octanol–water partition coefficient (Wildman–Crippen LogP) is 3.80. The van der Waals surface area contributed by atoms with Crippen LogP contribution in [-0.4, -0.2) is 10.5 Å². The lowest BCUT2D eigenvalue weighted by Crippen LogP contribution is -2.19. The van der Waals surface area contributed by atoms with Crippen LogP contribution in [0.15, 0.2) is 36.4 Å². The van der Waals surface area contributed by atoms with E-state index in [9.17, 15) is 9.18 Å². The number of fused-ring (bicyclic) bond motifs is 1. The molecule has 2 N–H and O–H groups in total. The molecule has 3 aromatic rings. The van der Waals surface area contributed by atoms with Crippen molar-refractivity contribution in [3.63, 3.8) is 0 Å². The van der Waals surface area contributed by atoms with Crippen LogP contribution < -0.4 is 5.73 Å². The molecule has 0 aliphatic carbocycles. The van der Waals surface area contributed by atoms with Crippen molar-refractivity contribution in [1.82, 2.24) is 4.57 Å². The van der Waals surface area contributed by atoms with Crippen molar-refractivity contribution >= 4 is 16.8 Å². The molecule has 119 valence electrons. The fourth-order valence-corrected chi connectivity index (χ4v) is 3.03. The Morgan fingerprint density at radius 3 is 2.71 bits per heavy atom. The van der Waals surface area contributed by atoms with E-state index < -0.39 is 11.7 Å². The van der Waals surface area contributed by atoms with Crippen molar-refractivity contribution in [1.29, 1.82) is 5.26 Å². The number of hydrogen-bond donors (Lipinski definition) is 1. The number of halogens is 1. The van der Waals surface area contributed by atoms with E-state index in [1.807, 2.05) is 24.5 Å². The smallest absolute Gasteiger partial charge is 0.266 e. The molecule has 1 aromatic heterocycles. The number of rotatable bonds is 3. The lowest BCUT2D eigenvalue weighted by atomic mass is 10.00. The SMILES string of the molecule is CC(C)n1c(C(N)=O)c(-c2ccc(C#N)c(F)c2)c2cc[c]cc21. The van der Waals surface area contributed by atoms with Crippen molar-refractivity contribution in [2.24, 2.45) is 5.73 Å². The molecule has 1 heterocycles. The highest BCUT2D eigenvalue weighted by molar-refractivity contribution is 6.10. The van der Waals surface area contributed by atoms with E-state index >= 15 is 0 Å². The van der Waals surface area contributed by atoms with Gasteiger partial charge in [-0.15, -0.1) is 0 Å². The second kappa shape index (κ2) is 5.82. The Morgan fingerprint density at radius 1 is 1.38 bits per heavy atom. The molecule has 4 nitrogen and oxygen atoms in total. The van der Waals surface area contributed by atoms with Gasteiger partial charge in [0.15, 0.2) is 0 Å². The van der Waals surface area contributed by atoms with Gasteiger partial charge in [0.1, 0.15) is 17.6 Å². The summed E-state index contributed by atoms with van der Waals surface area (Å²) in [5.41, 5.74) is 7.80. The highest BCUT2D eigenvalue weighted by Gasteiger charge is 2.24. The minimum Gasteiger partial charge on any atom is -0.364 e. The molecule has 0 saturated heterocycles. The lowest BCUT2D eigenvalue weighted by molar-refractivity contribution is 0.0991. The number of nitriles is 1. The zero-order chi connectivity index (χ0) is 17.4. The van der Waals surface area contributed by atoms with E-state index in [0.29, 0.717) is 16.8 Å². The molecule has 5 heteroatoms. The number of hydrogen-bond acceptors (Lipinski definition) is 2. The Hall–Kier alpha value is -3.13. The van der Waals surface area contributed by atoms with E-state index in [0.717, 1.165) is 10.9 Å². The number of primary amides is 1. The number of carbonyl (C=O) groups is 1. The third kappa shape index (κ3) is 2.33. The van der Waals surface area contributed by atoms with Gasteiger partial charge in [-0.2, -0.15) is 5.26 Å². The minimum atomic E-state index is -0.627. The van der Waals surface area contributed by atoms with Crippen LogP contribution in [0.4, 0.5) is 4.39 Å². The summed E-state index contributed by atoms with van der Waals surface area (Å²) in [6, 6.07) is 14.4. The lowest BCUT2D eigenvalue weighted by Gasteiger charge is -2.13. The van der Waals surface area contributed by atoms with Crippen molar-refractivity contribution in [3.05, 3.63) is 59.5 Å². The zero-order valence-electron chi connectivity index (χ0n) is 13.3.